The maximum absolute atomic E-state index is 11.6. The summed E-state index contributed by atoms with van der Waals surface area (Å²) < 4.78 is 4.51. The Morgan fingerprint density at radius 3 is 2.70 bits per heavy atom. The lowest BCUT2D eigenvalue weighted by Crippen LogP contribution is -2.44. The van der Waals surface area contributed by atoms with Gasteiger partial charge >= 0.3 is 0 Å². The van der Waals surface area contributed by atoms with Gasteiger partial charge in [-0.1, -0.05) is 18.2 Å². The minimum atomic E-state index is 0.144. The molecule has 1 saturated heterocycles. The van der Waals surface area contributed by atoms with Gasteiger partial charge < -0.3 is 20.5 Å². The summed E-state index contributed by atoms with van der Waals surface area (Å²) in [5.74, 6) is 0.669. The first-order chi connectivity index (χ1) is 16.0. The summed E-state index contributed by atoms with van der Waals surface area (Å²) in [5.41, 5.74) is 11.0. The molecule has 5 rings (SSSR count). The lowest BCUT2D eigenvalue weighted by Gasteiger charge is -2.31. The summed E-state index contributed by atoms with van der Waals surface area (Å²) in [6, 6.07) is 12.6. The van der Waals surface area contributed by atoms with Crippen molar-refractivity contribution in [3.05, 3.63) is 65.2 Å². The van der Waals surface area contributed by atoms with Gasteiger partial charge in [-0.05, 0) is 47.0 Å². The highest BCUT2D eigenvalue weighted by molar-refractivity contribution is 9.10. The fraction of sp³-hybridized carbons (Fsp3) is 0.292. The Hall–Kier alpha value is -3.17. The molecular weight excluding hydrogens is 482 g/mol. The zero-order valence-electron chi connectivity index (χ0n) is 18.4. The van der Waals surface area contributed by atoms with Gasteiger partial charge in [0, 0.05) is 61.8 Å². The van der Waals surface area contributed by atoms with Crippen molar-refractivity contribution in [3.8, 4) is 16.8 Å². The van der Waals surface area contributed by atoms with Crippen LogP contribution in [0.4, 0.5) is 5.82 Å². The van der Waals surface area contributed by atoms with Crippen molar-refractivity contribution in [2.24, 2.45) is 0 Å². The Morgan fingerprint density at radius 2 is 1.97 bits per heavy atom. The maximum Gasteiger partial charge on any atom is 0.219 e. The van der Waals surface area contributed by atoms with E-state index < -0.39 is 0 Å². The molecule has 9 heteroatoms. The highest BCUT2D eigenvalue weighted by Crippen LogP contribution is 2.30. The van der Waals surface area contributed by atoms with Crippen molar-refractivity contribution in [2.75, 3.05) is 18.8 Å². The van der Waals surface area contributed by atoms with Gasteiger partial charge in [0.2, 0.25) is 5.91 Å². The molecule has 4 aromatic rings. The number of nitrogens with two attached hydrogens (primary N) is 1. The molecule has 1 aliphatic heterocycles. The summed E-state index contributed by atoms with van der Waals surface area (Å²) in [6.45, 7) is 3.79. The van der Waals surface area contributed by atoms with Crippen molar-refractivity contribution < 1.29 is 4.79 Å². The first-order valence-electron chi connectivity index (χ1n) is 11.1. The van der Waals surface area contributed by atoms with Crippen molar-refractivity contribution in [1.82, 2.24) is 29.4 Å². The second kappa shape index (κ2) is 8.99. The third-order valence-corrected chi connectivity index (χ3v) is 7.11. The van der Waals surface area contributed by atoms with E-state index in [1.54, 1.807) is 11.4 Å². The molecular formula is C24H26BrN7O. The number of nitrogen functional groups attached to an aromatic ring is 1. The number of carbonyl (C=O) groups is 1. The number of benzene rings is 1. The van der Waals surface area contributed by atoms with Crippen molar-refractivity contribution in [1.29, 1.82) is 0 Å². The monoisotopic (exact) mass is 507 g/mol. The average Bonchev–Trinajstić information content (AvgIpc) is 3.48. The topological polar surface area (TPSA) is 93.5 Å². The number of nitrogens with zero attached hydrogens (tertiary/aromatic N) is 5. The number of anilines is 1. The zero-order chi connectivity index (χ0) is 22.9. The van der Waals surface area contributed by atoms with Gasteiger partial charge in [0.05, 0.1) is 16.4 Å². The van der Waals surface area contributed by atoms with Crippen LogP contribution in [0.15, 0.2) is 59.5 Å². The number of nitrogens with one attached hydrogen (secondary N) is 1. The summed E-state index contributed by atoms with van der Waals surface area (Å²) in [7, 11) is 0. The Kier molecular flexibility index (Phi) is 5.90. The van der Waals surface area contributed by atoms with Gasteiger partial charge in [0.25, 0.3) is 0 Å². The number of carbonyl (C=O) groups excluding carboxylic acids is 1. The Labute approximate surface area is 200 Å². The fourth-order valence-electron chi connectivity index (χ4n) is 4.32. The standard InChI is InChI=1S/C24H26BrN7O/c1-16(33)30-11-8-18(9-12-30)27-14-21-22(25)23(26)32-24(29-21)20(13-28-32)17-7-10-31(15-17)19-5-3-2-4-6-19/h2-7,10,13,15,18,27H,8-9,11-12,14,26H2,1H3. The van der Waals surface area contributed by atoms with E-state index in [4.69, 9.17) is 10.7 Å². The number of hydrogen-bond donors (Lipinski definition) is 2. The first-order valence-corrected chi connectivity index (χ1v) is 11.8. The highest BCUT2D eigenvalue weighted by Gasteiger charge is 2.22. The molecule has 0 unspecified atom stereocenters. The third-order valence-electron chi connectivity index (χ3n) is 6.25. The number of rotatable bonds is 5. The molecule has 3 aromatic heterocycles. The summed E-state index contributed by atoms with van der Waals surface area (Å²) in [4.78, 5) is 18.4. The number of piperidine rings is 1. The van der Waals surface area contributed by atoms with E-state index in [-0.39, 0.29) is 5.91 Å². The van der Waals surface area contributed by atoms with E-state index in [1.807, 2.05) is 35.5 Å². The molecule has 0 spiro atoms. The second-order valence-electron chi connectivity index (χ2n) is 8.36. The lowest BCUT2D eigenvalue weighted by atomic mass is 10.0. The van der Waals surface area contributed by atoms with E-state index in [0.717, 1.165) is 58.6 Å². The molecule has 1 amide bonds. The molecule has 1 fully saturated rings. The second-order valence-corrected chi connectivity index (χ2v) is 9.15. The molecule has 0 aliphatic carbocycles. The van der Waals surface area contributed by atoms with E-state index >= 15 is 0 Å². The van der Waals surface area contributed by atoms with E-state index in [9.17, 15) is 4.79 Å². The molecule has 0 atom stereocenters. The summed E-state index contributed by atoms with van der Waals surface area (Å²) >= 11 is 3.61. The zero-order valence-corrected chi connectivity index (χ0v) is 20.0. The highest BCUT2D eigenvalue weighted by atomic mass is 79.9. The number of halogens is 1. The van der Waals surface area contributed by atoms with Gasteiger partial charge in [0.1, 0.15) is 5.82 Å². The van der Waals surface area contributed by atoms with E-state index in [1.165, 1.54) is 0 Å². The van der Waals surface area contributed by atoms with Crippen molar-refractivity contribution in [3.63, 3.8) is 0 Å². The minimum absolute atomic E-state index is 0.144. The molecule has 3 N–H and O–H groups in total. The number of hydrogen-bond acceptors (Lipinski definition) is 5. The number of likely N-dealkylation sites (tertiary alicyclic amines) is 1. The molecule has 4 heterocycles. The predicted octanol–water partition coefficient (Wildman–Crippen LogP) is 3.63. The Bertz CT molecular complexity index is 1290. The smallest absolute Gasteiger partial charge is 0.219 e. The van der Waals surface area contributed by atoms with Crippen LogP contribution in [0.5, 0.6) is 0 Å². The van der Waals surface area contributed by atoms with Gasteiger partial charge in [0.15, 0.2) is 5.65 Å². The molecule has 8 nitrogen and oxygen atoms in total. The minimum Gasteiger partial charge on any atom is -0.383 e. The molecule has 0 radical (unpaired) electrons. The van der Waals surface area contributed by atoms with Crippen LogP contribution in [-0.2, 0) is 11.3 Å². The Balaban J connectivity index is 1.39. The SMILES string of the molecule is CC(=O)N1CCC(NCc2nc3c(-c4ccn(-c5ccccc5)c4)cnn3c(N)c2Br)CC1. The largest absolute Gasteiger partial charge is 0.383 e. The number of aromatic nitrogens is 4. The fourth-order valence-corrected chi connectivity index (χ4v) is 4.72. The molecule has 1 aromatic carbocycles. The van der Waals surface area contributed by atoms with E-state index in [0.29, 0.717) is 18.4 Å². The summed E-state index contributed by atoms with van der Waals surface area (Å²) in [5, 5.41) is 8.07. The number of amides is 1. The van der Waals surface area contributed by atoms with Crippen molar-refractivity contribution >= 4 is 33.3 Å². The van der Waals surface area contributed by atoms with Crippen LogP contribution < -0.4 is 11.1 Å². The van der Waals surface area contributed by atoms with Gasteiger partial charge in [-0.3, -0.25) is 4.79 Å². The summed E-state index contributed by atoms with van der Waals surface area (Å²) in [6.07, 6.45) is 7.78. The molecule has 1 aliphatic rings. The Morgan fingerprint density at radius 1 is 1.21 bits per heavy atom. The number of fused-ring (bicyclic) bond motifs is 1. The predicted molar refractivity (Wildman–Crippen MR) is 132 cm³/mol. The van der Waals surface area contributed by atoms with Crippen LogP contribution in [0.2, 0.25) is 0 Å². The maximum atomic E-state index is 11.6. The lowest BCUT2D eigenvalue weighted by molar-refractivity contribution is -0.129. The van der Waals surface area contributed by atoms with Crippen LogP contribution in [0, 0.1) is 0 Å². The van der Waals surface area contributed by atoms with Gasteiger partial charge in [-0.2, -0.15) is 9.61 Å². The van der Waals surface area contributed by atoms with Crippen LogP contribution in [0.3, 0.4) is 0 Å². The third kappa shape index (κ3) is 4.26. The quantitative estimate of drug-likeness (QED) is 0.430. The van der Waals surface area contributed by atoms with E-state index in [2.05, 4.69) is 55.3 Å². The first kappa shape index (κ1) is 21.7. The normalized spacial score (nSPS) is 14.8. The van der Waals surface area contributed by atoms with Gasteiger partial charge in [-0.25, -0.2) is 4.98 Å². The molecule has 0 saturated carbocycles. The average molecular weight is 508 g/mol. The molecule has 0 bridgehead atoms. The molecule has 33 heavy (non-hydrogen) atoms. The van der Waals surface area contributed by atoms with Crippen LogP contribution in [0.1, 0.15) is 25.5 Å². The molecule has 170 valence electrons. The number of para-hydroxylation sites is 1. The van der Waals surface area contributed by atoms with Gasteiger partial charge in [-0.15, -0.1) is 0 Å². The van der Waals surface area contributed by atoms with Crippen LogP contribution in [0.25, 0.3) is 22.5 Å². The van der Waals surface area contributed by atoms with Crippen molar-refractivity contribution in [2.45, 2.75) is 32.4 Å². The van der Waals surface area contributed by atoms with Crippen LogP contribution >= 0.6 is 15.9 Å². The van der Waals surface area contributed by atoms with Crippen LogP contribution in [-0.4, -0.2) is 49.1 Å².